The molecule has 0 unspecified atom stereocenters. The van der Waals surface area contributed by atoms with Crippen molar-refractivity contribution in [2.24, 2.45) is 0 Å². The van der Waals surface area contributed by atoms with Crippen LogP contribution < -0.4 is 10.1 Å². The number of anilines is 2. The first kappa shape index (κ1) is 16.9. The summed E-state index contributed by atoms with van der Waals surface area (Å²) in [6.07, 6.45) is 0. The molecule has 0 radical (unpaired) electrons. The van der Waals surface area contributed by atoms with Gasteiger partial charge in [-0.2, -0.15) is 0 Å². The number of para-hydroxylation sites is 2. The summed E-state index contributed by atoms with van der Waals surface area (Å²) >= 11 is 0. The van der Waals surface area contributed by atoms with E-state index in [9.17, 15) is 4.79 Å². The van der Waals surface area contributed by atoms with Crippen LogP contribution in [0, 0.1) is 6.92 Å². The van der Waals surface area contributed by atoms with E-state index in [0.717, 1.165) is 11.3 Å². The lowest BCUT2D eigenvalue weighted by Gasteiger charge is -2.22. The maximum absolute atomic E-state index is 12.8. The van der Waals surface area contributed by atoms with Crippen LogP contribution in [0.25, 0.3) is 0 Å². The Balaban J connectivity index is 2.48. The number of amides is 1. The maximum atomic E-state index is 12.8. The smallest absolute Gasteiger partial charge is 0.256 e. The average Bonchev–Trinajstić information content (AvgIpc) is 2.58. The fourth-order valence-electron chi connectivity index (χ4n) is 2.54. The number of carbonyl (C=O) groups excluding carboxylic acids is 1. The highest BCUT2D eigenvalue weighted by atomic mass is 16.5. The van der Waals surface area contributed by atoms with Gasteiger partial charge in [0.15, 0.2) is 0 Å². The Labute approximate surface area is 138 Å². The average molecular weight is 312 g/mol. The van der Waals surface area contributed by atoms with Gasteiger partial charge >= 0.3 is 0 Å². The molecule has 0 bridgehead atoms. The molecule has 0 atom stereocenters. The van der Waals surface area contributed by atoms with Gasteiger partial charge in [0, 0.05) is 18.8 Å². The molecule has 0 heterocycles. The molecule has 1 N–H and O–H groups in total. The molecule has 0 aliphatic carbocycles. The fourth-order valence-corrected chi connectivity index (χ4v) is 2.54. The van der Waals surface area contributed by atoms with Crippen LogP contribution >= 0.6 is 0 Å². The van der Waals surface area contributed by atoms with Crippen molar-refractivity contribution < 1.29 is 9.53 Å². The molecular formula is C19H24N2O2. The minimum atomic E-state index is 0.00461. The number of hydrogen-bond donors (Lipinski definition) is 1. The van der Waals surface area contributed by atoms with Gasteiger partial charge in [-0.3, -0.25) is 4.79 Å². The van der Waals surface area contributed by atoms with E-state index in [-0.39, 0.29) is 5.91 Å². The van der Waals surface area contributed by atoms with Crippen molar-refractivity contribution in [3.63, 3.8) is 0 Å². The molecule has 2 aromatic rings. The molecule has 4 heteroatoms. The summed E-state index contributed by atoms with van der Waals surface area (Å²) in [7, 11) is 1.62. The molecule has 0 aliphatic rings. The van der Waals surface area contributed by atoms with Gasteiger partial charge in [0.05, 0.1) is 18.4 Å². The molecule has 1 amide bonds. The first-order valence-corrected chi connectivity index (χ1v) is 7.91. The topological polar surface area (TPSA) is 41.6 Å². The summed E-state index contributed by atoms with van der Waals surface area (Å²) < 4.78 is 5.46. The third kappa shape index (κ3) is 3.65. The summed E-state index contributed by atoms with van der Waals surface area (Å²) in [6, 6.07) is 13.5. The van der Waals surface area contributed by atoms with Gasteiger partial charge in [-0.15, -0.1) is 0 Å². The standard InChI is InChI=1S/C19H24N2O2/c1-5-21(6-2)19(22)15-11-9-13-17(23-4)18(15)20-16-12-8-7-10-14(16)3/h7-13,20H,5-6H2,1-4H3. The van der Waals surface area contributed by atoms with Gasteiger partial charge in [0.25, 0.3) is 5.91 Å². The van der Waals surface area contributed by atoms with E-state index in [0.29, 0.717) is 30.1 Å². The maximum Gasteiger partial charge on any atom is 0.256 e. The Bertz CT molecular complexity index is 679. The predicted molar refractivity (Wildman–Crippen MR) is 94.7 cm³/mol. The molecule has 0 saturated heterocycles. The number of nitrogens with zero attached hydrogens (tertiary/aromatic N) is 1. The molecule has 0 fully saturated rings. The highest BCUT2D eigenvalue weighted by Crippen LogP contribution is 2.33. The van der Waals surface area contributed by atoms with Crippen molar-refractivity contribution in [1.29, 1.82) is 0 Å². The van der Waals surface area contributed by atoms with Gasteiger partial charge in [-0.25, -0.2) is 0 Å². The first-order valence-electron chi connectivity index (χ1n) is 7.91. The summed E-state index contributed by atoms with van der Waals surface area (Å²) in [5.41, 5.74) is 3.41. The number of carbonyl (C=O) groups is 1. The van der Waals surface area contributed by atoms with Crippen molar-refractivity contribution in [3.05, 3.63) is 53.6 Å². The molecule has 122 valence electrons. The number of benzene rings is 2. The number of nitrogens with one attached hydrogen (secondary N) is 1. The Morgan fingerprint density at radius 1 is 1.09 bits per heavy atom. The van der Waals surface area contributed by atoms with E-state index in [4.69, 9.17) is 4.74 Å². The third-order valence-corrected chi connectivity index (χ3v) is 3.93. The minimum absolute atomic E-state index is 0.00461. The zero-order valence-corrected chi connectivity index (χ0v) is 14.2. The third-order valence-electron chi connectivity index (χ3n) is 3.93. The predicted octanol–water partition coefficient (Wildman–Crippen LogP) is 4.23. The van der Waals surface area contributed by atoms with E-state index in [1.54, 1.807) is 12.0 Å². The zero-order chi connectivity index (χ0) is 16.8. The van der Waals surface area contributed by atoms with Gasteiger partial charge in [-0.1, -0.05) is 24.3 Å². The Morgan fingerprint density at radius 2 is 1.78 bits per heavy atom. The van der Waals surface area contributed by atoms with E-state index in [1.807, 2.05) is 63.2 Å². The Morgan fingerprint density at radius 3 is 2.39 bits per heavy atom. The molecular weight excluding hydrogens is 288 g/mol. The molecule has 0 aliphatic heterocycles. The molecule has 0 saturated carbocycles. The lowest BCUT2D eigenvalue weighted by molar-refractivity contribution is 0.0773. The number of methoxy groups -OCH3 is 1. The van der Waals surface area contributed by atoms with Gasteiger partial charge in [-0.05, 0) is 44.5 Å². The van der Waals surface area contributed by atoms with Crippen molar-refractivity contribution in [2.75, 3.05) is 25.5 Å². The van der Waals surface area contributed by atoms with E-state index < -0.39 is 0 Å². The second-order valence-electron chi connectivity index (χ2n) is 5.30. The van der Waals surface area contributed by atoms with Crippen LogP contribution in [0.15, 0.2) is 42.5 Å². The van der Waals surface area contributed by atoms with Crippen LogP contribution in [-0.4, -0.2) is 31.0 Å². The number of hydrogen-bond acceptors (Lipinski definition) is 3. The van der Waals surface area contributed by atoms with Crippen LogP contribution in [-0.2, 0) is 0 Å². The van der Waals surface area contributed by atoms with E-state index in [2.05, 4.69) is 5.32 Å². The molecule has 23 heavy (non-hydrogen) atoms. The fraction of sp³-hybridized carbons (Fsp3) is 0.316. The Kier molecular flexibility index (Phi) is 5.63. The summed E-state index contributed by atoms with van der Waals surface area (Å²) in [5.74, 6) is 0.663. The first-order chi connectivity index (χ1) is 11.1. The van der Waals surface area contributed by atoms with Crippen LogP contribution in [0.3, 0.4) is 0 Å². The highest BCUT2D eigenvalue weighted by Gasteiger charge is 2.19. The van der Waals surface area contributed by atoms with E-state index >= 15 is 0 Å². The number of rotatable bonds is 6. The molecule has 0 spiro atoms. The lowest BCUT2D eigenvalue weighted by atomic mass is 10.1. The summed E-state index contributed by atoms with van der Waals surface area (Å²) in [5, 5.41) is 3.37. The molecule has 2 aromatic carbocycles. The summed E-state index contributed by atoms with van der Waals surface area (Å²) in [4.78, 5) is 14.6. The van der Waals surface area contributed by atoms with Gasteiger partial charge in [0.2, 0.25) is 0 Å². The normalized spacial score (nSPS) is 10.3. The zero-order valence-electron chi connectivity index (χ0n) is 14.2. The van der Waals surface area contributed by atoms with Crippen LogP contribution in [0.1, 0.15) is 29.8 Å². The van der Waals surface area contributed by atoms with Crippen molar-refractivity contribution in [2.45, 2.75) is 20.8 Å². The second-order valence-corrected chi connectivity index (χ2v) is 5.30. The summed E-state index contributed by atoms with van der Waals surface area (Å²) in [6.45, 7) is 7.35. The van der Waals surface area contributed by atoms with Crippen LogP contribution in [0.4, 0.5) is 11.4 Å². The van der Waals surface area contributed by atoms with Crippen LogP contribution in [0.5, 0.6) is 5.75 Å². The van der Waals surface area contributed by atoms with Gasteiger partial charge in [0.1, 0.15) is 5.75 Å². The van der Waals surface area contributed by atoms with E-state index in [1.165, 1.54) is 0 Å². The number of ether oxygens (including phenoxy) is 1. The van der Waals surface area contributed by atoms with Gasteiger partial charge < -0.3 is 15.0 Å². The quantitative estimate of drug-likeness (QED) is 0.868. The lowest BCUT2D eigenvalue weighted by Crippen LogP contribution is -2.31. The number of aryl methyl sites for hydroxylation is 1. The van der Waals surface area contributed by atoms with Crippen molar-refractivity contribution in [1.82, 2.24) is 4.90 Å². The van der Waals surface area contributed by atoms with Crippen LogP contribution in [0.2, 0.25) is 0 Å². The monoisotopic (exact) mass is 312 g/mol. The highest BCUT2D eigenvalue weighted by molar-refractivity contribution is 6.01. The molecule has 2 rings (SSSR count). The molecule has 0 aromatic heterocycles. The minimum Gasteiger partial charge on any atom is -0.495 e. The second kappa shape index (κ2) is 7.68. The van der Waals surface area contributed by atoms with Crippen molar-refractivity contribution in [3.8, 4) is 5.75 Å². The largest absolute Gasteiger partial charge is 0.495 e. The SMILES string of the molecule is CCN(CC)C(=O)c1cccc(OC)c1Nc1ccccc1C. The van der Waals surface area contributed by atoms with Crippen molar-refractivity contribution >= 4 is 17.3 Å². The Hall–Kier alpha value is -2.49. The molecule has 4 nitrogen and oxygen atoms in total.